The molecule has 7 nitrogen and oxygen atoms in total. The Kier molecular flexibility index (Phi) is 4.97. The number of hydrogen-bond acceptors (Lipinski definition) is 6. The molecule has 0 aliphatic carbocycles. The zero-order valence-corrected chi connectivity index (χ0v) is 16.1. The second-order valence-corrected chi connectivity index (χ2v) is 6.51. The summed E-state index contributed by atoms with van der Waals surface area (Å²) in [5.41, 5.74) is 2.20. The second kappa shape index (κ2) is 7.75. The lowest BCUT2D eigenvalue weighted by atomic mass is 10.0. The van der Waals surface area contributed by atoms with Gasteiger partial charge < -0.3 is 14.6 Å². The quantitative estimate of drug-likeness (QED) is 0.507. The number of carbonyl (C=O) groups excluding carboxylic acids is 2. The van der Waals surface area contributed by atoms with Gasteiger partial charge in [0, 0.05) is 11.3 Å². The molecule has 0 bridgehead atoms. The van der Waals surface area contributed by atoms with Crippen LogP contribution in [0.3, 0.4) is 0 Å². The van der Waals surface area contributed by atoms with Crippen molar-refractivity contribution >= 4 is 28.7 Å². The molecule has 1 N–H and O–H groups in total. The maximum atomic E-state index is 14.3. The van der Waals surface area contributed by atoms with E-state index in [0.29, 0.717) is 22.3 Å². The maximum Gasteiger partial charge on any atom is 0.337 e. The van der Waals surface area contributed by atoms with Gasteiger partial charge in [-0.1, -0.05) is 17.3 Å². The number of ether oxygens (including phenoxy) is 1. The summed E-state index contributed by atoms with van der Waals surface area (Å²) in [6.07, 6.45) is 0. The van der Waals surface area contributed by atoms with Crippen LogP contribution >= 0.6 is 0 Å². The molecule has 0 aliphatic heterocycles. The molecule has 2 aromatic heterocycles. The molecule has 0 saturated heterocycles. The van der Waals surface area contributed by atoms with E-state index < -0.39 is 17.7 Å². The Morgan fingerprint density at radius 3 is 2.53 bits per heavy atom. The standard InChI is InChI=1S/C22H16FN3O4/c1-12-19-16(20(27)24-14-9-7-13(8-10-14)22(28)29-2)11-18(25-21(19)30-26-12)15-5-3-4-6-17(15)23/h3-11H,1-2H3,(H,24,27). The van der Waals surface area contributed by atoms with Gasteiger partial charge in [0.2, 0.25) is 0 Å². The van der Waals surface area contributed by atoms with Gasteiger partial charge in [0.1, 0.15) is 5.82 Å². The molecule has 1 amide bonds. The third-order valence-electron chi connectivity index (χ3n) is 4.58. The molecule has 0 aliphatic rings. The highest BCUT2D eigenvalue weighted by Crippen LogP contribution is 2.29. The van der Waals surface area contributed by atoms with Gasteiger partial charge >= 0.3 is 5.97 Å². The monoisotopic (exact) mass is 405 g/mol. The van der Waals surface area contributed by atoms with E-state index in [-0.39, 0.29) is 22.5 Å². The van der Waals surface area contributed by atoms with Crippen LogP contribution in [0, 0.1) is 12.7 Å². The lowest BCUT2D eigenvalue weighted by Gasteiger charge is -2.09. The SMILES string of the molecule is COC(=O)c1ccc(NC(=O)c2cc(-c3ccccc3F)nc3onc(C)c23)cc1. The van der Waals surface area contributed by atoms with Crippen molar-refractivity contribution in [2.75, 3.05) is 12.4 Å². The van der Waals surface area contributed by atoms with E-state index in [9.17, 15) is 14.0 Å². The highest BCUT2D eigenvalue weighted by molar-refractivity contribution is 6.13. The molecule has 0 spiro atoms. The molecule has 0 saturated carbocycles. The fourth-order valence-electron chi connectivity index (χ4n) is 3.09. The van der Waals surface area contributed by atoms with Crippen LogP contribution in [0.2, 0.25) is 0 Å². The first-order valence-electron chi connectivity index (χ1n) is 8.99. The van der Waals surface area contributed by atoms with Gasteiger partial charge in [-0.25, -0.2) is 14.2 Å². The average Bonchev–Trinajstić information content (AvgIpc) is 3.14. The summed E-state index contributed by atoms with van der Waals surface area (Å²) in [6, 6.07) is 13.9. The van der Waals surface area contributed by atoms with Crippen molar-refractivity contribution in [3.63, 3.8) is 0 Å². The van der Waals surface area contributed by atoms with Crippen molar-refractivity contribution in [1.82, 2.24) is 10.1 Å². The number of carbonyl (C=O) groups is 2. The number of esters is 1. The van der Waals surface area contributed by atoms with Crippen LogP contribution in [-0.4, -0.2) is 29.1 Å². The fourth-order valence-corrected chi connectivity index (χ4v) is 3.09. The highest BCUT2D eigenvalue weighted by Gasteiger charge is 2.20. The Bertz CT molecular complexity index is 1270. The van der Waals surface area contributed by atoms with Crippen molar-refractivity contribution in [1.29, 1.82) is 0 Å². The summed E-state index contributed by atoms with van der Waals surface area (Å²) in [7, 11) is 1.29. The summed E-state index contributed by atoms with van der Waals surface area (Å²) in [5.74, 6) is -1.39. The third kappa shape index (κ3) is 3.50. The number of aromatic nitrogens is 2. The summed E-state index contributed by atoms with van der Waals surface area (Å²) in [6.45, 7) is 1.69. The highest BCUT2D eigenvalue weighted by atomic mass is 19.1. The Morgan fingerprint density at radius 2 is 1.83 bits per heavy atom. The molecule has 0 fully saturated rings. The summed E-state index contributed by atoms with van der Waals surface area (Å²) in [5, 5.41) is 7.09. The van der Waals surface area contributed by atoms with Crippen LogP contribution in [0.5, 0.6) is 0 Å². The number of fused-ring (bicyclic) bond motifs is 1. The van der Waals surface area contributed by atoms with E-state index in [0.717, 1.165) is 0 Å². The molecule has 0 atom stereocenters. The third-order valence-corrected chi connectivity index (χ3v) is 4.58. The Hall–Kier alpha value is -4.07. The van der Waals surface area contributed by atoms with Crippen molar-refractivity contribution in [2.45, 2.75) is 6.92 Å². The van der Waals surface area contributed by atoms with Crippen LogP contribution in [0.25, 0.3) is 22.4 Å². The molecule has 8 heteroatoms. The van der Waals surface area contributed by atoms with Gasteiger partial charge in [-0.3, -0.25) is 4.79 Å². The number of nitrogens with one attached hydrogen (secondary N) is 1. The first-order valence-corrected chi connectivity index (χ1v) is 8.99. The largest absolute Gasteiger partial charge is 0.465 e. The number of anilines is 1. The van der Waals surface area contributed by atoms with Crippen molar-refractivity contribution in [3.05, 3.63) is 77.2 Å². The molecule has 4 rings (SSSR count). The lowest BCUT2D eigenvalue weighted by molar-refractivity contribution is 0.0600. The minimum Gasteiger partial charge on any atom is -0.465 e. The number of amides is 1. The molecular weight excluding hydrogens is 389 g/mol. The molecule has 0 unspecified atom stereocenters. The van der Waals surface area contributed by atoms with Gasteiger partial charge in [0.15, 0.2) is 0 Å². The fraction of sp³-hybridized carbons (Fsp3) is 0.0909. The molecule has 4 aromatic rings. The molecule has 30 heavy (non-hydrogen) atoms. The first-order chi connectivity index (χ1) is 14.5. The van der Waals surface area contributed by atoms with Crippen molar-refractivity contribution in [2.24, 2.45) is 0 Å². The van der Waals surface area contributed by atoms with Gasteiger partial charge in [-0.05, 0) is 49.4 Å². The van der Waals surface area contributed by atoms with Crippen LogP contribution in [0.4, 0.5) is 10.1 Å². The van der Waals surface area contributed by atoms with Gasteiger partial charge in [0.05, 0.1) is 35.0 Å². The summed E-state index contributed by atoms with van der Waals surface area (Å²) < 4.78 is 24.2. The van der Waals surface area contributed by atoms with Crippen molar-refractivity contribution in [3.8, 4) is 11.3 Å². The molecular formula is C22H16FN3O4. The zero-order chi connectivity index (χ0) is 21.3. The number of hydrogen-bond donors (Lipinski definition) is 1. The number of methoxy groups -OCH3 is 1. The normalized spacial score (nSPS) is 10.8. The number of pyridine rings is 1. The number of benzene rings is 2. The topological polar surface area (TPSA) is 94.3 Å². The van der Waals surface area contributed by atoms with Crippen molar-refractivity contribution < 1.29 is 23.2 Å². The molecule has 2 aromatic carbocycles. The maximum absolute atomic E-state index is 14.3. The van der Waals surface area contributed by atoms with E-state index in [4.69, 9.17) is 4.52 Å². The van der Waals surface area contributed by atoms with Gasteiger partial charge in [0.25, 0.3) is 11.6 Å². The van der Waals surface area contributed by atoms with Crippen LogP contribution in [0.15, 0.2) is 59.1 Å². The lowest BCUT2D eigenvalue weighted by Crippen LogP contribution is -2.13. The van der Waals surface area contributed by atoms with Crippen LogP contribution < -0.4 is 5.32 Å². The van der Waals surface area contributed by atoms with E-state index in [2.05, 4.69) is 20.2 Å². The van der Waals surface area contributed by atoms with Crippen LogP contribution in [-0.2, 0) is 4.74 Å². The van der Waals surface area contributed by atoms with E-state index in [1.807, 2.05) is 0 Å². The predicted octanol–water partition coefficient (Wildman–Crippen LogP) is 4.38. The number of halogens is 1. The smallest absolute Gasteiger partial charge is 0.337 e. The Morgan fingerprint density at radius 1 is 1.10 bits per heavy atom. The minimum atomic E-state index is -0.474. The number of nitrogens with zero attached hydrogens (tertiary/aromatic N) is 2. The average molecular weight is 405 g/mol. The molecule has 150 valence electrons. The van der Waals surface area contributed by atoms with Crippen LogP contribution in [0.1, 0.15) is 26.4 Å². The molecule has 2 heterocycles. The predicted molar refractivity (Wildman–Crippen MR) is 108 cm³/mol. The minimum absolute atomic E-state index is 0.138. The van der Waals surface area contributed by atoms with E-state index in [1.54, 1.807) is 49.4 Å². The second-order valence-electron chi connectivity index (χ2n) is 6.51. The zero-order valence-electron chi connectivity index (χ0n) is 16.1. The van der Waals surface area contributed by atoms with E-state index in [1.165, 1.54) is 19.2 Å². The Balaban J connectivity index is 1.74. The Labute approximate surface area is 170 Å². The van der Waals surface area contributed by atoms with E-state index >= 15 is 0 Å². The number of rotatable bonds is 4. The summed E-state index contributed by atoms with van der Waals surface area (Å²) >= 11 is 0. The van der Waals surface area contributed by atoms with Gasteiger partial charge in [-0.2, -0.15) is 0 Å². The van der Waals surface area contributed by atoms with Gasteiger partial charge in [-0.15, -0.1) is 0 Å². The number of aryl methyl sites for hydroxylation is 1. The first kappa shape index (κ1) is 19.3. The molecule has 0 radical (unpaired) electrons. The summed E-state index contributed by atoms with van der Waals surface area (Å²) in [4.78, 5) is 28.9.